The van der Waals surface area contributed by atoms with Crippen LogP contribution in [0.4, 0.5) is 0 Å². The lowest BCUT2D eigenvalue weighted by Gasteiger charge is -2.43. The number of hydrogen-bond donors (Lipinski definition) is 2. The Kier molecular flexibility index (Phi) is 6.09. The fourth-order valence-corrected chi connectivity index (χ4v) is 3.00. The third-order valence-corrected chi connectivity index (χ3v) is 4.85. The predicted octanol–water partition coefficient (Wildman–Crippen LogP) is 1.35. The molecule has 4 heteroatoms. The first-order valence-electron chi connectivity index (χ1n) is 7.25. The largest absolute Gasteiger partial charge is 0.359 e. The third kappa shape index (κ3) is 3.69. The zero-order valence-electron chi connectivity index (χ0n) is 12.2. The Balaban J connectivity index is 2.52. The molecule has 0 saturated carbocycles. The summed E-state index contributed by atoms with van der Waals surface area (Å²) in [5, 5.41) is 2.69. The van der Waals surface area contributed by atoms with Crippen molar-refractivity contribution < 1.29 is 4.79 Å². The molecular formula is C14H29N3O. The Hall–Kier alpha value is -0.610. The summed E-state index contributed by atoms with van der Waals surface area (Å²) in [5.41, 5.74) is 6.35. The summed E-state index contributed by atoms with van der Waals surface area (Å²) < 4.78 is 0. The summed E-state index contributed by atoms with van der Waals surface area (Å²) >= 11 is 0. The van der Waals surface area contributed by atoms with Crippen LogP contribution in [-0.2, 0) is 4.79 Å². The molecule has 1 aliphatic rings. The van der Waals surface area contributed by atoms with Gasteiger partial charge in [-0.25, -0.2) is 0 Å². The van der Waals surface area contributed by atoms with Crippen LogP contribution in [0.15, 0.2) is 0 Å². The van der Waals surface area contributed by atoms with Gasteiger partial charge in [-0.1, -0.05) is 26.7 Å². The summed E-state index contributed by atoms with van der Waals surface area (Å²) in [7, 11) is 1.69. The number of rotatable bonds is 6. The molecule has 1 rings (SSSR count). The first-order valence-corrected chi connectivity index (χ1v) is 7.25. The van der Waals surface area contributed by atoms with Crippen LogP contribution < -0.4 is 11.1 Å². The monoisotopic (exact) mass is 255 g/mol. The number of nitrogens with one attached hydrogen (secondary N) is 1. The fraction of sp³-hybridized carbons (Fsp3) is 0.929. The number of carbonyl (C=O) groups is 1. The van der Waals surface area contributed by atoms with E-state index in [1.54, 1.807) is 7.05 Å². The summed E-state index contributed by atoms with van der Waals surface area (Å²) in [6.07, 6.45) is 5.53. The standard InChI is InChI=1S/C14H29N3O/c1-4-14(5-2)6-8-17(9-7-14)12(11-15)10-13(18)16-3/h12H,4-11,15H2,1-3H3,(H,16,18). The van der Waals surface area contributed by atoms with Crippen LogP contribution in [0, 0.1) is 5.41 Å². The second-order valence-electron chi connectivity index (χ2n) is 5.51. The smallest absolute Gasteiger partial charge is 0.221 e. The molecule has 1 heterocycles. The Labute approximate surface area is 111 Å². The molecule has 18 heavy (non-hydrogen) atoms. The molecule has 1 amide bonds. The lowest BCUT2D eigenvalue weighted by Crippen LogP contribution is -2.49. The van der Waals surface area contributed by atoms with Crippen molar-refractivity contribution in [3.63, 3.8) is 0 Å². The van der Waals surface area contributed by atoms with Gasteiger partial charge in [-0.2, -0.15) is 0 Å². The number of hydrogen-bond acceptors (Lipinski definition) is 3. The molecule has 4 nitrogen and oxygen atoms in total. The van der Waals surface area contributed by atoms with Gasteiger partial charge in [-0.05, 0) is 31.3 Å². The highest BCUT2D eigenvalue weighted by Crippen LogP contribution is 2.38. The molecule has 0 aromatic carbocycles. The van der Waals surface area contributed by atoms with Gasteiger partial charge in [0.2, 0.25) is 5.91 Å². The molecule has 1 atom stereocenters. The average Bonchev–Trinajstić information content (AvgIpc) is 2.44. The second-order valence-corrected chi connectivity index (χ2v) is 5.51. The molecule has 106 valence electrons. The van der Waals surface area contributed by atoms with E-state index in [2.05, 4.69) is 24.1 Å². The van der Waals surface area contributed by atoms with E-state index in [-0.39, 0.29) is 11.9 Å². The number of likely N-dealkylation sites (tertiary alicyclic amines) is 1. The Morgan fingerprint density at radius 2 is 1.89 bits per heavy atom. The molecule has 0 aliphatic carbocycles. The first-order chi connectivity index (χ1) is 8.60. The van der Waals surface area contributed by atoms with Crippen LogP contribution in [0.5, 0.6) is 0 Å². The van der Waals surface area contributed by atoms with E-state index < -0.39 is 0 Å². The van der Waals surface area contributed by atoms with E-state index in [1.165, 1.54) is 25.7 Å². The predicted molar refractivity (Wildman–Crippen MR) is 75.3 cm³/mol. The summed E-state index contributed by atoms with van der Waals surface area (Å²) in [6, 6.07) is 0.205. The van der Waals surface area contributed by atoms with Crippen molar-refractivity contribution in [1.29, 1.82) is 0 Å². The van der Waals surface area contributed by atoms with E-state index in [0.29, 0.717) is 18.4 Å². The van der Waals surface area contributed by atoms with Crippen molar-refractivity contribution in [3.8, 4) is 0 Å². The van der Waals surface area contributed by atoms with Gasteiger partial charge in [0, 0.05) is 26.1 Å². The van der Waals surface area contributed by atoms with E-state index in [0.717, 1.165) is 13.1 Å². The van der Waals surface area contributed by atoms with E-state index >= 15 is 0 Å². The van der Waals surface area contributed by atoms with Gasteiger partial charge in [0.25, 0.3) is 0 Å². The molecular weight excluding hydrogens is 226 g/mol. The number of nitrogens with zero attached hydrogens (tertiary/aromatic N) is 1. The van der Waals surface area contributed by atoms with Crippen molar-refractivity contribution in [3.05, 3.63) is 0 Å². The maximum absolute atomic E-state index is 11.5. The van der Waals surface area contributed by atoms with Gasteiger partial charge in [0.15, 0.2) is 0 Å². The van der Waals surface area contributed by atoms with Gasteiger partial charge < -0.3 is 11.1 Å². The molecule has 0 radical (unpaired) electrons. The lowest BCUT2D eigenvalue weighted by atomic mass is 9.74. The van der Waals surface area contributed by atoms with Crippen LogP contribution in [0.3, 0.4) is 0 Å². The number of piperidine rings is 1. The molecule has 0 bridgehead atoms. The topological polar surface area (TPSA) is 58.4 Å². The quantitative estimate of drug-likeness (QED) is 0.753. The Morgan fingerprint density at radius 1 is 1.33 bits per heavy atom. The van der Waals surface area contributed by atoms with Crippen molar-refractivity contribution in [2.75, 3.05) is 26.7 Å². The maximum Gasteiger partial charge on any atom is 0.221 e. The Bertz CT molecular complexity index is 254. The zero-order chi connectivity index (χ0) is 13.6. The SMILES string of the molecule is CCC1(CC)CCN(C(CN)CC(=O)NC)CC1. The van der Waals surface area contributed by atoms with Crippen LogP contribution in [0.1, 0.15) is 46.0 Å². The van der Waals surface area contributed by atoms with Crippen molar-refractivity contribution in [2.45, 2.75) is 52.0 Å². The van der Waals surface area contributed by atoms with Crippen molar-refractivity contribution in [1.82, 2.24) is 10.2 Å². The van der Waals surface area contributed by atoms with Crippen molar-refractivity contribution >= 4 is 5.91 Å². The van der Waals surface area contributed by atoms with Gasteiger partial charge in [-0.3, -0.25) is 9.69 Å². The Morgan fingerprint density at radius 3 is 2.28 bits per heavy atom. The molecule has 0 aromatic rings. The minimum Gasteiger partial charge on any atom is -0.359 e. The summed E-state index contributed by atoms with van der Waals surface area (Å²) in [4.78, 5) is 13.9. The van der Waals surface area contributed by atoms with Gasteiger partial charge >= 0.3 is 0 Å². The lowest BCUT2D eigenvalue weighted by molar-refractivity contribution is -0.122. The highest BCUT2D eigenvalue weighted by Gasteiger charge is 2.33. The van der Waals surface area contributed by atoms with Crippen LogP contribution >= 0.6 is 0 Å². The third-order valence-electron chi connectivity index (χ3n) is 4.85. The van der Waals surface area contributed by atoms with E-state index in [9.17, 15) is 4.79 Å². The average molecular weight is 255 g/mol. The van der Waals surface area contributed by atoms with E-state index in [1.807, 2.05) is 0 Å². The maximum atomic E-state index is 11.5. The molecule has 0 spiro atoms. The van der Waals surface area contributed by atoms with Crippen LogP contribution in [-0.4, -0.2) is 43.5 Å². The van der Waals surface area contributed by atoms with Gasteiger partial charge in [0.1, 0.15) is 0 Å². The van der Waals surface area contributed by atoms with E-state index in [4.69, 9.17) is 5.73 Å². The zero-order valence-corrected chi connectivity index (χ0v) is 12.2. The minimum atomic E-state index is 0.0910. The number of carbonyl (C=O) groups excluding carboxylic acids is 1. The second kappa shape index (κ2) is 7.10. The molecule has 0 aromatic heterocycles. The van der Waals surface area contributed by atoms with Gasteiger partial charge in [-0.15, -0.1) is 0 Å². The van der Waals surface area contributed by atoms with Crippen LogP contribution in [0.2, 0.25) is 0 Å². The van der Waals surface area contributed by atoms with Gasteiger partial charge in [0.05, 0.1) is 0 Å². The molecule has 1 aliphatic heterocycles. The van der Waals surface area contributed by atoms with Crippen molar-refractivity contribution in [2.24, 2.45) is 11.1 Å². The molecule has 1 saturated heterocycles. The molecule has 1 unspecified atom stereocenters. The number of nitrogens with two attached hydrogens (primary N) is 1. The minimum absolute atomic E-state index is 0.0910. The summed E-state index contributed by atoms with van der Waals surface area (Å²) in [6.45, 7) is 7.33. The molecule has 3 N–H and O–H groups in total. The van der Waals surface area contributed by atoms with Crippen LogP contribution in [0.25, 0.3) is 0 Å². The molecule has 1 fully saturated rings. The highest BCUT2D eigenvalue weighted by molar-refractivity contribution is 5.76. The fourth-order valence-electron chi connectivity index (χ4n) is 3.00. The first kappa shape index (κ1) is 15.4. The highest BCUT2D eigenvalue weighted by atomic mass is 16.1. The number of amides is 1. The normalized spacial score (nSPS) is 21.6. The summed E-state index contributed by atoms with van der Waals surface area (Å²) in [5.74, 6) is 0.0910.